The van der Waals surface area contributed by atoms with Crippen LogP contribution in [0.25, 0.3) is 0 Å². The van der Waals surface area contributed by atoms with E-state index in [4.69, 9.17) is 5.73 Å². The lowest BCUT2D eigenvalue weighted by molar-refractivity contribution is 0.0939. The van der Waals surface area contributed by atoms with Crippen molar-refractivity contribution in [3.63, 3.8) is 0 Å². The molecular formula is C14H23ClN2O2. The number of aryl methyl sites for hydroxylation is 1. The van der Waals surface area contributed by atoms with Gasteiger partial charge in [0.15, 0.2) is 0 Å². The topological polar surface area (TPSA) is 75.4 Å². The number of aliphatic hydroxyl groups excluding tert-OH is 1. The average molecular weight is 287 g/mol. The highest BCUT2D eigenvalue weighted by atomic mass is 35.5. The van der Waals surface area contributed by atoms with Gasteiger partial charge in [-0.25, -0.2) is 0 Å². The number of nitrogens with one attached hydrogen (secondary N) is 1. The quantitative estimate of drug-likeness (QED) is 0.726. The zero-order valence-electron chi connectivity index (χ0n) is 11.6. The number of rotatable bonds is 5. The summed E-state index contributed by atoms with van der Waals surface area (Å²) in [6, 6.07) is 5.30. The Bertz CT molecular complexity index is 422. The number of benzene rings is 1. The van der Waals surface area contributed by atoms with Gasteiger partial charge >= 0.3 is 0 Å². The van der Waals surface area contributed by atoms with E-state index in [1.165, 1.54) is 0 Å². The Labute approximate surface area is 120 Å². The van der Waals surface area contributed by atoms with Crippen LogP contribution in [0.1, 0.15) is 36.2 Å². The number of nitrogen functional groups attached to an aromatic ring is 1. The van der Waals surface area contributed by atoms with Crippen molar-refractivity contribution in [3.8, 4) is 0 Å². The van der Waals surface area contributed by atoms with Crippen molar-refractivity contribution in [2.24, 2.45) is 5.92 Å². The maximum absolute atomic E-state index is 12.0. The Hall–Kier alpha value is -1.26. The molecule has 0 saturated heterocycles. The van der Waals surface area contributed by atoms with Gasteiger partial charge in [-0.05, 0) is 43.9 Å². The summed E-state index contributed by atoms with van der Waals surface area (Å²) in [6.07, 6.45) is 0.335. The summed E-state index contributed by atoms with van der Waals surface area (Å²) in [7, 11) is 0. The Balaban J connectivity index is 0.00000324. The van der Waals surface area contributed by atoms with Crippen molar-refractivity contribution in [1.29, 1.82) is 0 Å². The number of amides is 1. The van der Waals surface area contributed by atoms with Gasteiger partial charge in [-0.1, -0.05) is 13.0 Å². The summed E-state index contributed by atoms with van der Waals surface area (Å²) in [5.74, 6) is 0.132. The Morgan fingerprint density at radius 3 is 2.63 bits per heavy atom. The molecule has 0 spiro atoms. The van der Waals surface area contributed by atoms with E-state index in [1.54, 1.807) is 19.1 Å². The molecule has 2 atom stereocenters. The molecule has 0 aliphatic heterocycles. The van der Waals surface area contributed by atoms with Crippen molar-refractivity contribution >= 4 is 24.0 Å². The molecule has 1 amide bonds. The van der Waals surface area contributed by atoms with E-state index in [0.29, 0.717) is 24.2 Å². The zero-order chi connectivity index (χ0) is 13.7. The maximum atomic E-state index is 12.0. The van der Waals surface area contributed by atoms with Crippen molar-refractivity contribution in [2.75, 3.05) is 12.3 Å². The third kappa shape index (κ3) is 5.94. The van der Waals surface area contributed by atoms with Gasteiger partial charge in [-0.15, -0.1) is 12.4 Å². The highest BCUT2D eigenvalue weighted by Crippen LogP contribution is 2.13. The third-order valence-corrected chi connectivity index (χ3v) is 2.86. The molecule has 19 heavy (non-hydrogen) atoms. The van der Waals surface area contributed by atoms with Gasteiger partial charge < -0.3 is 16.2 Å². The highest BCUT2D eigenvalue weighted by molar-refractivity contribution is 5.96. The lowest BCUT2D eigenvalue weighted by atomic mass is 10.0. The van der Waals surface area contributed by atoms with Crippen LogP contribution >= 0.6 is 12.4 Å². The molecule has 0 saturated carbocycles. The van der Waals surface area contributed by atoms with Gasteiger partial charge in [-0.3, -0.25) is 4.79 Å². The second-order valence-electron chi connectivity index (χ2n) is 4.97. The monoisotopic (exact) mass is 286 g/mol. The predicted octanol–water partition coefficient (Wildman–Crippen LogP) is 2.14. The summed E-state index contributed by atoms with van der Waals surface area (Å²) in [5, 5.41) is 12.1. The standard InChI is InChI=1S/C14H22N2O2.ClH/c1-9(6-11(3)17)8-16-14(18)13-7-12(15)5-4-10(13)2;/h4-5,7,9,11,17H,6,8,15H2,1-3H3,(H,16,18);1H. The number of aliphatic hydroxyl groups is 1. The Morgan fingerprint density at radius 1 is 1.42 bits per heavy atom. The van der Waals surface area contributed by atoms with Crippen molar-refractivity contribution in [3.05, 3.63) is 29.3 Å². The van der Waals surface area contributed by atoms with Gasteiger partial charge in [0.05, 0.1) is 6.10 Å². The van der Waals surface area contributed by atoms with Crippen LogP contribution in [0.2, 0.25) is 0 Å². The smallest absolute Gasteiger partial charge is 0.251 e. The van der Waals surface area contributed by atoms with E-state index in [-0.39, 0.29) is 30.3 Å². The lowest BCUT2D eigenvalue weighted by Crippen LogP contribution is -2.30. The minimum Gasteiger partial charge on any atom is -0.399 e. The van der Waals surface area contributed by atoms with Crippen LogP contribution in [-0.4, -0.2) is 23.7 Å². The van der Waals surface area contributed by atoms with E-state index in [0.717, 1.165) is 5.56 Å². The molecule has 108 valence electrons. The summed E-state index contributed by atoms with van der Waals surface area (Å²) < 4.78 is 0. The maximum Gasteiger partial charge on any atom is 0.251 e. The van der Waals surface area contributed by atoms with Crippen LogP contribution in [0.4, 0.5) is 5.69 Å². The van der Waals surface area contributed by atoms with E-state index >= 15 is 0 Å². The number of carbonyl (C=O) groups is 1. The molecule has 0 aliphatic rings. The number of hydrogen-bond donors (Lipinski definition) is 3. The second-order valence-corrected chi connectivity index (χ2v) is 4.97. The van der Waals surface area contributed by atoms with Gasteiger partial charge in [0, 0.05) is 17.8 Å². The summed E-state index contributed by atoms with van der Waals surface area (Å²) in [6.45, 7) is 6.19. The summed E-state index contributed by atoms with van der Waals surface area (Å²) in [4.78, 5) is 12.0. The number of nitrogens with two attached hydrogens (primary N) is 1. The largest absolute Gasteiger partial charge is 0.399 e. The normalized spacial score (nSPS) is 13.3. The lowest BCUT2D eigenvalue weighted by Gasteiger charge is -2.15. The molecule has 0 heterocycles. The fourth-order valence-corrected chi connectivity index (χ4v) is 1.91. The SMILES string of the molecule is Cc1ccc(N)cc1C(=O)NCC(C)CC(C)O.Cl. The minimum atomic E-state index is -0.342. The molecule has 0 aliphatic carbocycles. The molecule has 0 fully saturated rings. The predicted molar refractivity (Wildman–Crippen MR) is 80.6 cm³/mol. The van der Waals surface area contributed by atoms with E-state index < -0.39 is 0 Å². The fraction of sp³-hybridized carbons (Fsp3) is 0.500. The first kappa shape index (κ1) is 17.7. The van der Waals surface area contributed by atoms with Crippen LogP contribution in [0.3, 0.4) is 0 Å². The van der Waals surface area contributed by atoms with Crippen LogP contribution in [0.5, 0.6) is 0 Å². The van der Waals surface area contributed by atoms with Crippen LogP contribution < -0.4 is 11.1 Å². The van der Waals surface area contributed by atoms with Gasteiger partial charge in [0.2, 0.25) is 0 Å². The molecule has 1 aromatic rings. The molecular weight excluding hydrogens is 264 g/mol. The fourth-order valence-electron chi connectivity index (χ4n) is 1.91. The number of halogens is 1. The average Bonchev–Trinajstić information content (AvgIpc) is 2.28. The number of carbonyl (C=O) groups excluding carboxylic acids is 1. The van der Waals surface area contributed by atoms with Gasteiger partial charge in [0.25, 0.3) is 5.91 Å². The first-order valence-corrected chi connectivity index (χ1v) is 6.22. The number of anilines is 1. The van der Waals surface area contributed by atoms with Crippen LogP contribution in [0, 0.1) is 12.8 Å². The van der Waals surface area contributed by atoms with Crippen LogP contribution in [0.15, 0.2) is 18.2 Å². The Morgan fingerprint density at radius 2 is 2.05 bits per heavy atom. The molecule has 4 N–H and O–H groups in total. The minimum absolute atomic E-state index is 0. The molecule has 2 unspecified atom stereocenters. The van der Waals surface area contributed by atoms with E-state index in [2.05, 4.69) is 5.32 Å². The van der Waals surface area contributed by atoms with Crippen molar-refractivity contribution in [1.82, 2.24) is 5.32 Å². The summed E-state index contributed by atoms with van der Waals surface area (Å²) >= 11 is 0. The van der Waals surface area contributed by atoms with Gasteiger partial charge in [-0.2, -0.15) is 0 Å². The van der Waals surface area contributed by atoms with Crippen molar-refractivity contribution in [2.45, 2.75) is 33.3 Å². The molecule has 0 aromatic heterocycles. The van der Waals surface area contributed by atoms with E-state index in [9.17, 15) is 9.90 Å². The highest BCUT2D eigenvalue weighted by Gasteiger charge is 2.11. The molecule has 1 aromatic carbocycles. The molecule has 5 heteroatoms. The molecule has 0 radical (unpaired) electrons. The summed E-state index contributed by atoms with van der Waals surface area (Å²) in [5.41, 5.74) is 7.78. The molecule has 0 bridgehead atoms. The second kappa shape index (κ2) is 8.02. The van der Waals surface area contributed by atoms with Crippen LogP contribution in [-0.2, 0) is 0 Å². The first-order chi connectivity index (χ1) is 8.40. The third-order valence-electron chi connectivity index (χ3n) is 2.86. The van der Waals surface area contributed by atoms with Crippen molar-refractivity contribution < 1.29 is 9.90 Å². The number of hydrogen-bond acceptors (Lipinski definition) is 3. The first-order valence-electron chi connectivity index (χ1n) is 6.22. The molecule has 4 nitrogen and oxygen atoms in total. The van der Waals surface area contributed by atoms with Gasteiger partial charge in [0.1, 0.15) is 0 Å². The zero-order valence-corrected chi connectivity index (χ0v) is 12.5. The van der Waals surface area contributed by atoms with E-state index in [1.807, 2.05) is 19.9 Å². The molecule has 1 rings (SSSR count). The Kier molecular flexibility index (Phi) is 7.49.